The summed E-state index contributed by atoms with van der Waals surface area (Å²) in [4.78, 5) is 27.1. The van der Waals surface area contributed by atoms with Crippen LogP contribution in [0.1, 0.15) is 36.8 Å². The number of rotatable bonds is 10. The predicted octanol–water partition coefficient (Wildman–Crippen LogP) is 7.38. The maximum absolute atomic E-state index is 12.6. The van der Waals surface area contributed by atoms with Gasteiger partial charge < -0.3 is 37.7 Å². The van der Waals surface area contributed by atoms with Crippen LogP contribution in [0.2, 0.25) is 0 Å². The van der Waals surface area contributed by atoms with Crippen LogP contribution in [-0.2, 0) is 29.2 Å². The molecule has 2 aliphatic heterocycles. The van der Waals surface area contributed by atoms with Crippen molar-refractivity contribution in [3.8, 4) is 28.6 Å². The van der Waals surface area contributed by atoms with Crippen molar-refractivity contribution in [2.45, 2.75) is 51.4 Å². The van der Waals surface area contributed by atoms with Gasteiger partial charge in [0.05, 0.1) is 33.5 Å². The minimum Gasteiger partial charge on any atom is -0.497 e. The summed E-state index contributed by atoms with van der Waals surface area (Å²) < 4.78 is 30.9. The normalized spacial score (nSPS) is 15.7. The fourth-order valence-corrected chi connectivity index (χ4v) is 7.22. The number of oxazole rings is 1. The van der Waals surface area contributed by atoms with E-state index in [9.17, 15) is 4.79 Å². The van der Waals surface area contributed by atoms with Gasteiger partial charge in [-0.3, -0.25) is 0 Å². The Hall–Kier alpha value is -5.71. The molecule has 0 unspecified atom stereocenters. The smallest absolute Gasteiger partial charge is 0.328 e. The maximum atomic E-state index is 12.6. The minimum atomic E-state index is -0.312. The predicted molar refractivity (Wildman–Crippen MR) is 196 cm³/mol. The van der Waals surface area contributed by atoms with Crippen LogP contribution >= 0.6 is 0 Å². The van der Waals surface area contributed by atoms with Crippen molar-refractivity contribution in [3.63, 3.8) is 0 Å². The van der Waals surface area contributed by atoms with Gasteiger partial charge >= 0.3 is 5.97 Å². The van der Waals surface area contributed by atoms with Crippen molar-refractivity contribution in [2.75, 3.05) is 44.3 Å². The largest absolute Gasteiger partial charge is 0.497 e. The highest BCUT2D eigenvalue weighted by molar-refractivity contribution is 5.92. The van der Waals surface area contributed by atoms with Crippen LogP contribution in [0, 0.1) is 0 Å². The molecule has 11 nitrogen and oxygen atoms in total. The van der Waals surface area contributed by atoms with Gasteiger partial charge in [0, 0.05) is 43.5 Å². The number of carbonyl (C=O) groups excluding carboxylic acids is 1. The highest BCUT2D eigenvalue weighted by Crippen LogP contribution is 2.39. The number of benzene rings is 4. The number of fused-ring (bicyclic) bond motifs is 1. The molecular weight excluding hydrogens is 646 g/mol. The van der Waals surface area contributed by atoms with Gasteiger partial charge in [-0.05, 0) is 85.3 Å². The third kappa shape index (κ3) is 6.40. The Morgan fingerprint density at radius 1 is 0.824 bits per heavy atom. The van der Waals surface area contributed by atoms with Crippen LogP contribution in [0.25, 0.3) is 33.5 Å². The number of carbonyl (C=O) groups is 1. The van der Waals surface area contributed by atoms with Crippen molar-refractivity contribution in [2.24, 2.45) is 0 Å². The lowest BCUT2D eigenvalue weighted by atomic mass is 10.1. The van der Waals surface area contributed by atoms with Gasteiger partial charge in [0.2, 0.25) is 0 Å². The third-order valence-electron chi connectivity index (χ3n) is 9.85. The van der Waals surface area contributed by atoms with E-state index >= 15 is 0 Å². The van der Waals surface area contributed by atoms with E-state index in [2.05, 4.69) is 56.8 Å². The molecule has 2 aliphatic rings. The molecule has 4 aromatic carbocycles. The van der Waals surface area contributed by atoms with Crippen LogP contribution in [-0.4, -0.2) is 61.0 Å². The molecule has 0 aliphatic carbocycles. The topological polar surface area (TPSA) is 104 Å². The third-order valence-corrected chi connectivity index (χ3v) is 9.85. The van der Waals surface area contributed by atoms with Crippen molar-refractivity contribution < 1.29 is 28.2 Å². The van der Waals surface area contributed by atoms with Crippen LogP contribution in [0.15, 0.2) is 83.3 Å². The van der Waals surface area contributed by atoms with Crippen molar-refractivity contribution in [3.05, 3.63) is 90.0 Å². The van der Waals surface area contributed by atoms with E-state index in [-0.39, 0.29) is 12.0 Å². The number of aryl methyl sites for hydroxylation is 1. The zero-order valence-electron chi connectivity index (χ0n) is 29.1. The zero-order valence-corrected chi connectivity index (χ0v) is 29.1. The van der Waals surface area contributed by atoms with Gasteiger partial charge in [-0.2, -0.15) is 4.98 Å². The zero-order chi connectivity index (χ0) is 34.9. The summed E-state index contributed by atoms with van der Waals surface area (Å²) in [6.45, 7) is 3.40. The van der Waals surface area contributed by atoms with Crippen molar-refractivity contribution in [1.82, 2.24) is 14.5 Å². The molecule has 0 amide bonds. The van der Waals surface area contributed by atoms with Gasteiger partial charge in [0.15, 0.2) is 5.58 Å². The minimum absolute atomic E-state index is 0.214. The van der Waals surface area contributed by atoms with E-state index in [1.807, 2.05) is 36.4 Å². The molecule has 0 saturated carbocycles. The number of nitrogens with zero attached hydrogens (tertiary/aromatic N) is 5. The number of esters is 1. The lowest BCUT2D eigenvalue weighted by Crippen LogP contribution is -2.36. The number of hydrogen-bond acceptors (Lipinski definition) is 10. The van der Waals surface area contributed by atoms with Gasteiger partial charge in [-0.1, -0.05) is 24.3 Å². The highest BCUT2D eigenvalue weighted by Gasteiger charge is 2.33. The lowest BCUT2D eigenvalue weighted by Gasteiger charge is -2.26. The monoisotopic (exact) mass is 687 g/mol. The van der Waals surface area contributed by atoms with E-state index < -0.39 is 0 Å². The molecule has 262 valence electrons. The Balaban J connectivity index is 1.16. The molecule has 0 N–H and O–H groups in total. The molecule has 51 heavy (non-hydrogen) atoms. The van der Waals surface area contributed by atoms with Gasteiger partial charge in [-0.15, -0.1) is 0 Å². The molecule has 1 fully saturated rings. The summed E-state index contributed by atoms with van der Waals surface area (Å²) in [5.41, 5.74) is 7.32. The molecule has 4 heterocycles. The summed E-state index contributed by atoms with van der Waals surface area (Å²) in [5.74, 6) is 3.04. The number of ether oxygens (including phenoxy) is 4. The molecule has 6 aromatic rings. The van der Waals surface area contributed by atoms with E-state index in [0.717, 1.165) is 101 Å². The quantitative estimate of drug-likeness (QED) is 0.136. The first kappa shape index (κ1) is 32.5. The Bertz CT molecular complexity index is 2130. The molecule has 1 saturated heterocycles. The maximum Gasteiger partial charge on any atom is 0.328 e. The second-order valence-corrected chi connectivity index (χ2v) is 13.1. The van der Waals surface area contributed by atoms with Crippen molar-refractivity contribution >= 4 is 39.8 Å². The second-order valence-electron chi connectivity index (χ2n) is 13.1. The number of hydrogen-bond donors (Lipinski definition) is 0. The fraction of sp³-hybridized carbons (Fsp3) is 0.325. The van der Waals surface area contributed by atoms with Crippen LogP contribution in [0.5, 0.6) is 17.2 Å². The Kier molecular flexibility index (Phi) is 8.85. The second kappa shape index (κ2) is 13.9. The van der Waals surface area contributed by atoms with Gasteiger partial charge in [0.25, 0.3) is 6.01 Å². The van der Waals surface area contributed by atoms with E-state index in [1.54, 1.807) is 14.2 Å². The lowest BCUT2D eigenvalue weighted by molar-refractivity contribution is -0.141. The van der Waals surface area contributed by atoms with Gasteiger partial charge in [-0.25, -0.2) is 9.78 Å². The number of aromatic nitrogens is 3. The Labute approximate surface area is 296 Å². The first-order valence-corrected chi connectivity index (χ1v) is 17.4. The molecule has 1 atom stereocenters. The SMILES string of the molecule is COC(=O)[C@@H]1CCCN1c1cc2c3c(c1)nc(-c1ccc4oc(N(Cc5ccc(OC)cc5)Cc5ccc(OC)cc5)nc4c1)n3CCCCO2. The number of imidazole rings is 1. The molecule has 0 radical (unpaired) electrons. The van der Waals surface area contributed by atoms with Gasteiger partial charge in [0.1, 0.15) is 40.1 Å². The first-order valence-electron chi connectivity index (χ1n) is 17.4. The molecular formula is C40H41N5O6. The van der Waals surface area contributed by atoms with Crippen LogP contribution in [0.4, 0.5) is 11.7 Å². The van der Waals surface area contributed by atoms with Crippen LogP contribution < -0.4 is 24.0 Å². The van der Waals surface area contributed by atoms with Crippen LogP contribution in [0.3, 0.4) is 0 Å². The number of anilines is 2. The van der Waals surface area contributed by atoms with E-state index in [0.29, 0.717) is 31.3 Å². The van der Waals surface area contributed by atoms with E-state index in [1.165, 1.54) is 7.11 Å². The highest BCUT2D eigenvalue weighted by atomic mass is 16.5. The summed E-state index contributed by atoms with van der Waals surface area (Å²) in [6.07, 6.45) is 3.59. The molecule has 11 heteroatoms. The summed E-state index contributed by atoms with van der Waals surface area (Å²) in [7, 11) is 4.79. The summed E-state index contributed by atoms with van der Waals surface area (Å²) in [6, 6.07) is 26.5. The summed E-state index contributed by atoms with van der Waals surface area (Å²) in [5, 5.41) is 0. The summed E-state index contributed by atoms with van der Waals surface area (Å²) >= 11 is 0. The number of methoxy groups -OCH3 is 3. The Morgan fingerprint density at radius 3 is 2.24 bits per heavy atom. The standard InChI is InChI=1S/C40H41N5O6/c1-47-30-13-8-26(9-14-30)24-43(25-27-10-15-31(48-2)16-11-27)40-42-32-21-28(12-17-35(32)51-40)38-41-33-22-29(44-19-6-7-34(44)39(46)49-3)23-36-37(33)45(38)18-4-5-20-50-36/h8-17,21-23,34H,4-7,18-20,24-25H2,1-3H3/t34-/m0/s1. The molecule has 0 spiro atoms. The average Bonchev–Trinajstić information content (AvgIpc) is 3.90. The molecule has 2 aromatic heterocycles. The fourth-order valence-electron chi connectivity index (χ4n) is 7.22. The first-order chi connectivity index (χ1) is 25.0. The Morgan fingerprint density at radius 2 is 1.55 bits per heavy atom. The molecule has 0 bridgehead atoms. The molecule has 8 rings (SSSR count). The van der Waals surface area contributed by atoms with Crippen molar-refractivity contribution in [1.29, 1.82) is 0 Å². The average molecular weight is 688 g/mol. The van der Waals surface area contributed by atoms with E-state index in [4.69, 9.17) is 33.3 Å².